The van der Waals surface area contributed by atoms with Crippen molar-refractivity contribution in [2.75, 3.05) is 11.9 Å². The van der Waals surface area contributed by atoms with Gasteiger partial charge >= 0.3 is 0 Å². The Hall–Kier alpha value is -1.08. The van der Waals surface area contributed by atoms with Crippen LogP contribution < -0.4 is 5.32 Å². The van der Waals surface area contributed by atoms with Gasteiger partial charge in [0.1, 0.15) is 16.2 Å². The summed E-state index contributed by atoms with van der Waals surface area (Å²) < 4.78 is 0.777. The van der Waals surface area contributed by atoms with E-state index in [1.807, 2.05) is 6.92 Å². The molecular formula is C9H10BrN3. The molecule has 0 aliphatic rings. The van der Waals surface area contributed by atoms with Crippen LogP contribution in [0.15, 0.2) is 10.7 Å². The van der Waals surface area contributed by atoms with E-state index in [1.54, 1.807) is 6.07 Å². The molecule has 0 amide bonds. The smallest absolute Gasteiger partial charge is 0.131 e. The van der Waals surface area contributed by atoms with Gasteiger partial charge in [-0.1, -0.05) is 12.8 Å². The molecule has 0 aliphatic carbocycles. The number of nitrogens with one attached hydrogen (secondary N) is 1. The third-order valence-corrected chi connectivity index (χ3v) is 1.84. The van der Waals surface area contributed by atoms with Crippen molar-refractivity contribution in [3.05, 3.63) is 16.5 Å². The highest BCUT2D eigenvalue weighted by Gasteiger charge is 1.99. The van der Waals surface area contributed by atoms with Crippen molar-refractivity contribution in [2.45, 2.75) is 13.3 Å². The third-order valence-electron chi connectivity index (χ3n) is 1.43. The lowest BCUT2D eigenvalue weighted by Crippen LogP contribution is -2.03. The maximum absolute atomic E-state index is 5.12. The summed E-state index contributed by atoms with van der Waals surface area (Å²) in [6, 6.07) is 1.80. The molecular weight excluding hydrogens is 230 g/mol. The molecule has 1 aromatic rings. The van der Waals surface area contributed by atoms with Gasteiger partial charge in [-0.05, 0) is 15.9 Å². The van der Waals surface area contributed by atoms with Gasteiger partial charge in [0, 0.05) is 12.5 Å². The SMILES string of the molecule is C#CCNc1cc(Br)nc(CC)n1. The second-order valence-corrected chi connectivity index (χ2v) is 3.22. The van der Waals surface area contributed by atoms with E-state index >= 15 is 0 Å². The highest BCUT2D eigenvalue weighted by atomic mass is 79.9. The van der Waals surface area contributed by atoms with Crippen molar-refractivity contribution in [2.24, 2.45) is 0 Å². The van der Waals surface area contributed by atoms with E-state index in [9.17, 15) is 0 Å². The molecule has 13 heavy (non-hydrogen) atoms. The van der Waals surface area contributed by atoms with Crippen molar-refractivity contribution in [1.82, 2.24) is 9.97 Å². The molecule has 1 aromatic heterocycles. The van der Waals surface area contributed by atoms with Crippen LogP contribution in [0.5, 0.6) is 0 Å². The molecule has 0 spiro atoms. The Labute approximate surface area is 86.1 Å². The van der Waals surface area contributed by atoms with Crippen LogP contribution in [0.3, 0.4) is 0 Å². The van der Waals surface area contributed by atoms with Crippen LogP contribution >= 0.6 is 15.9 Å². The minimum atomic E-state index is 0.479. The lowest BCUT2D eigenvalue weighted by Gasteiger charge is -2.03. The molecule has 0 aliphatic heterocycles. The molecule has 0 atom stereocenters. The highest BCUT2D eigenvalue weighted by molar-refractivity contribution is 9.10. The molecule has 0 saturated heterocycles. The molecule has 0 bridgehead atoms. The Bertz CT molecular complexity index is 330. The van der Waals surface area contributed by atoms with Crippen molar-refractivity contribution in [1.29, 1.82) is 0 Å². The van der Waals surface area contributed by atoms with Gasteiger partial charge in [0.25, 0.3) is 0 Å². The molecule has 1 heterocycles. The van der Waals surface area contributed by atoms with Crippen LogP contribution in [0.4, 0.5) is 5.82 Å². The third kappa shape index (κ3) is 3.03. The Morgan fingerprint density at radius 1 is 1.62 bits per heavy atom. The van der Waals surface area contributed by atoms with Crippen LogP contribution in [-0.2, 0) is 6.42 Å². The summed E-state index contributed by atoms with van der Waals surface area (Å²) in [4.78, 5) is 8.42. The second kappa shape index (κ2) is 4.83. The van der Waals surface area contributed by atoms with E-state index < -0.39 is 0 Å². The lowest BCUT2D eigenvalue weighted by molar-refractivity contribution is 0.928. The number of hydrogen-bond donors (Lipinski definition) is 1. The number of terminal acetylenes is 1. The summed E-state index contributed by atoms with van der Waals surface area (Å²) in [6.45, 7) is 2.49. The fraction of sp³-hybridized carbons (Fsp3) is 0.333. The summed E-state index contributed by atoms with van der Waals surface area (Å²) in [5, 5.41) is 2.99. The van der Waals surface area contributed by atoms with Crippen molar-refractivity contribution in [3.8, 4) is 12.3 Å². The van der Waals surface area contributed by atoms with Gasteiger partial charge < -0.3 is 5.32 Å². The topological polar surface area (TPSA) is 37.8 Å². The van der Waals surface area contributed by atoms with Crippen molar-refractivity contribution >= 4 is 21.7 Å². The molecule has 68 valence electrons. The van der Waals surface area contributed by atoms with Crippen LogP contribution in [0.2, 0.25) is 0 Å². The zero-order valence-corrected chi connectivity index (χ0v) is 8.93. The lowest BCUT2D eigenvalue weighted by atomic mass is 10.4. The first-order chi connectivity index (χ1) is 6.26. The Kier molecular flexibility index (Phi) is 3.71. The molecule has 0 fully saturated rings. The standard InChI is InChI=1S/C9H10BrN3/c1-3-5-11-9-6-7(10)12-8(4-2)13-9/h1,6H,4-5H2,2H3,(H,11,12,13). The van der Waals surface area contributed by atoms with Gasteiger partial charge in [-0.2, -0.15) is 0 Å². The number of halogens is 1. The number of hydrogen-bond acceptors (Lipinski definition) is 3. The van der Waals surface area contributed by atoms with Gasteiger partial charge in [0.15, 0.2) is 0 Å². The monoisotopic (exact) mass is 239 g/mol. The summed E-state index contributed by atoms with van der Waals surface area (Å²) in [6.07, 6.45) is 5.93. The average molecular weight is 240 g/mol. The van der Waals surface area contributed by atoms with Crippen LogP contribution in [0.25, 0.3) is 0 Å². The van der Waals surface area contributed by atoms with Crippen LogP contribution in [-0.4, -0.2) is 16.5 Å². The van der Waals surface area contributed by atoms with Gasteiger partial charge in [-0.25, -0.2) is 9.97 Å². The number of aryl methyl sites for hydroxylation is 1. The van der Waals surface area contributed by atoms with E-state index in [0.29, 0.717) is 6.54 Å². The van der Waals surface area contributed by atoms with Gasteiger partial charge in [-0.15, -0.1) is 6.42 Å². The summed E-state index contributed by atoms with van der Waals surface area (Å²) in [5.74, 6) is 4.05. The molecule has 0 radical (unpaired) electrons. The zero-order chi connectivity index (χ0) is 9.68. The average Bonchev–Trinajstić information content (AvgIpc) is 2.14. The van der Waals surface area contributed by atoms with Gasteiger partial charge in [-0.3, -0.25) is 0 Å². The summed E-state index contributed by atoms with van der Waals surface area (Å²) >= 11 is 3.30. The Balaban J connectivity index is 2.83. The maximum Gasteiger partial charge on any atom is 0.131 e. The first-order valence-electron chi connectivity index (χ1n) is 3.97. The van der Waals surface area contributed by atoms with E-state index in [2.05, 4.69) is 37.1 Å². The van der Waals surface area contributed by atoms with Crippen molar-refractivity contribution in [3.63, 3.8) is 0 Å². The number of nitrogens with zero attached hydrogens (tertiary/aromatic N) is 2. The molecule has 1 N–H and O–H groups in total. The van der Waals surface area contributed by atoms with Crippen molar-refractivity contribution < 1.29 is 0 Å². The van der Waals surface area contributed by atoms with Gasteiger partial charge in [0.2, 0.25) is 0 Å². The Morgan fingerprint density at radius 3 is 3.00 bits per heavy atom. The highest BCUT2D eigenvalue weighted by Crippen LogP contribution is 2.12. The first-order valence-corrected chi connectivity index (χ1v) is 4.76. The first kappa shape index (κ1) is 10.0. The van der Waals surface area contributed by atoms with E-state index in [4.69, 9.17) is 6.42 Å². The van der Waals surface area contributed by atoms with Crippen LogP contribution in [0.1, 0.15) is 12.7 Å². The normalized spacial score (nSPS) is 9.31. The minimum absolute atomic E-state index is 0.479. The zero-order valence-electron chi connectivity index (χ0n) is 7.34. The van der Waals surface area contributed by atoms with E-state index in [1.165, 1.54) is 0 Å². The molecule has 3 nitrogen and oxygen atoms in total. The molecule has 4 heteroatoms. The van der Waals surface area contributed by atoms with E-state index in [0.717, 1.165) is 22.7 Å². The van der Waals surface area contributed by atoms with Gasteiger partial charge in [0.05, 0.1) is 6.54 Å². The predicted octanol–water partition coefficient (Wildman–Crippen LogP) is 1.85. The number of rotatable bonds is 3. The fourth-order valence-electron chi connectivity index (χ4n) is 0.855. The summed E-state index contributed by atoms with van der Waals surface area (Å²) in [5.41, 5.74) is 0. The predicted molar refractivity (Wildman–Crippen MR) is 56.4 cm³/mol. The second-order valence-electron chi connectivity index (χ2n) is 2.40. The largest absolute Gasteiger partial charge is 0.359 e. The Morgan fingerprint density at radius 2 is 2.38 bits per heavy atom. The number of aromatic nitrogens is 2. The van der Waals surface area contributed by atoms with Crippen LogP contribution in [0, 0.1) is 12.3 Å². The minimum Gasteiger partial charge on any atom is -0.359 e. The van der Waals surface area contributed by atoms with E-state index in [-0.39, 0.29) is 0 Å². The molecule has 1 rings (SSSR count). The number of anilines is 1. The molecule has 0 saturated carbocycles. The quantitative estimate of drug-likeness (QED) is 0.647. The fourth-order valence-corrected chi connectivity index (χ4v) is 1.28. The molecule has 0 aromatic carbocycles. The maximum atomic E-state index is 5.12. The molecule has 0 unspecified atom stereocenters. The summed E-state index contributed by atoms with van der Waals surface area (Å²) in [7, 11) is 0.